The first kappa shape index (κ1) is 12.0. The second-order valence-electron chi connectivity index (χ2n) is 3.81. The van der Waals surface area contributed by atoms with Gasteiger partial charge >= 0.3 is 0 Å². The summed E-state index contributed by atoms with van der Waals surface area (Å²) in [5.41, 5.74) is 1.09. The maximum absolute atomic E-state index is 4.21. The van der Waals surface area contributed by atoms with Crippen molar-refractivity contribution in [2.75, 3.05) is 11.9 Å². The van der Waals surface area contributed by atoms with Crippen molar-refractivity contribution in [1.29, 1.82) is 0 Å². The predicted octanol–water partition coefficient (Wildman–Crippen LogP) is 2.89. The van der Waals surface area contributed by atoms with Crippen LogP contribution in [0.3, 0.4) is 0 Å². The molecule has 84 valence electrons. The Labute approximate surface area is 92.3 Å². The smallest absolute Gasteiger partial charge is 0.129 e. The Bertz CT molecular complexity index is 282. The van der Waals surface area contributed by atoms with Crippen LogP contribution in [-0.2, 0) is 6.42 Å². The Hall–Kier alpha value is -1.12. The van der Waals surface area contributed by atoms with Gasteiger partial charge in [-0.15, -0.1) is 0 Å². The van der Waals surface area contributed by atoms with Gasteiger partial charge in [0, 0.05) is 18.3 Å². The molecule has 0 unspecified atom stereocenters. The molecule has 0 saturated carbocycles. The molecule has 0 aliphatic rings. The topological polar surface area (TPSA) is 37.8 Å². The van der Waals surface area contributed by atoms with Crippen molar-refractivity contribution >= 4 is 5.82 Å². The van der Waals surface area contributed by atoms with E-state index in [0.29, 0.717) is 0 Å². The number of nitrogens with zero attached hydrogens (tertiary/aromatic N) is 2. The third-order valence-electron chi connectivity index (χ3n) is 2.81. The zero-order chi connectivity index (χ0) is 11.1. The Morgan fingerprint density at radius 2 is 1.93 bits per heavy atom. The highest BCUT2D eigenvalue weighted by atomic mass is 15.0. The summed E-state index contributed by atoms with van der Waals surface area (Å²) in [6.45, 7) is 7.57. The molecule has 0 saturated heterocycles. The summed E-state index contributed by atoms with van der Waals surface area (Å²) < 4.78 is 0. The van der Waals surface area contributed by atoms with Gasteiger partial charge in [-0.05, 0) is 12.3 Å². The number of nitrogens with one attached hydrogen (secondary N) is 1. The highest BCUT2D eigenvalue weighted by Crippen LogP contribution is 2.10. The molecule has 0 amide bonds. The molecule has 0 bridgehead atoms. The Morgan fingerprint density at radius 1 is 1.20 bits per heavy atom. The second-order valence-corrected chi connectivity index (χ2v) is 3.81. The summed E-state index contributed by atoms with van der Waals surface area (Å²) in [4.78, 5) is 8.38. The average Bonchev–Trinajstić information content (AvgIpc) is 2.31. The fourth-order valence-electron chi connectivity index (χ4n) is 1.51. The van der Waals surface area contributed by atoms with Crippen molar-refractivity contribution in [3.05, 3.63) is 18.1 Å². The summed E-state index contributed by atoms with van der Waals surface area (Å²) in [7, 11) is 0. The Morgan fingerprint density at radius 3 is 2.53 bits per heavy atom. The lowest BCUT2D eigenvalue weighted by Gasteiger charge is -2.13. The molecule has 1 rings (SSSR count). The van der Waals surface area contributed by atoms with E-state index in [4.69, 9.17) is 0 Å². The van der Waals surface area contributed by atoms with E-state index in [-0.39, 0.29) is 0 Å². The highest BCUT2D eigenvalue weighted by Gasteiger charge is 2.03. The van der Waals surface area contributed by atoms with Crippen molar-refractivity contribution in [3.8, 4) is 0 Å². The minimum absolute atomic E-state index is 0.741. The van der Waals surface area contributed by atoms with E-state index in [1.807, 2.05) is 6.07 Å². The molecule has 15 heavy (non-hydrogen) atoms. The van der Waals surface area contributed by atoms with E-state index in [1.54, 1.807) is 6.33 Å². The number of anilines is 1. The van der Waals surface area contributed by atoms with E-state index >= 15 is 0 Å². The van der Waals surface area contributed by atoms with E-state index in [0.717, 1.165) is 30.4 Å². The molecule has 1 heterocycles. The predicted molar refractivity (Wildman–Crippen MR) is 64.0 cm³/mol. The second kappa shape index (κ2) is 6.38. The number of aryl methyl sites for hydroxylation is 1. The molecule has 1 N–H and O–H groups in total. The lowest BCUT2D eigenvalue weighted by Crippen LogP contribution is -2.13. The number of hydrogen-bond donors (Lipinski definition) is 1. The lowest BCUT2D eigenvalue weighted by molar-refractivity contribution is 0.518. The van der Waals surface area contributed by atoms with Gasteiger partial charge in [0.1, 0.15) is 12.1 Å². The van der Waals surface area contributed by atoms with Gasteiger partial charge in [0.2, 0.25) is 0 Å². The molecular formula is C12H21N3. The Kier molecular flexibility index (Phi) is 5.08. The molecule has 0 fully saturated rings. The maximum atomic E-state index is 4.21. The summed E-state index contributed by atoms with van der Waals surface area (Å²) in [6.07, 6.45) is 5.03. The summed E-state index contributed by atoms with van der Waals surface area (Å²) in [5.74, 6) is 1.69. The van der Waals surface area contributed by atoms with Crippen LogP contribution < -0.4 is 5.32 Å². The number of hydrogen-bond acceptors (Lipinski definition) is 3. The van der Waals surface area contributed by atoms with Gasteiger partial charge in [0.15, 0.2) is 0 Å². The van der Waals surface area contributed by atoms with Crippen molar-refractivity contribution in [1.82, 2.24) is 9.97 Å². The molecule has 0 aliphatic carbocycles. The van der Waals surface area contributed by atoms with Crippen molar-refractivity contribution in [2.24, 2.45) is 5.92 Å². The largest absolute Gasteiger partial charge is 0.370 e. The molecule has 0 spiro atoms. The van der Waals surface area contributed by atoms with Crippen LogP contribution in [0.4, 0.5) is 5.82 Å². The van der Waals surface area contributed by atoms with Crippen LogP contribution in [-0.4, -0.2) is 16.5 Å². The molecule has 0 aromatic carbocycles. The maximum Gasteiger partial charge on any atom is 0.129 e. The van der Waals surface area contributed by atoms with Gasteiger partial charge < -0.3 is 5.32 Å². The quantitative estimate of drug-likeness (QED) is 0.779. The molecule has 0 aliphatic heterocycles. The first-order valence-electron chi connectivity index (χ1n) is 5.84. The summed E-state index contributed by atoms with van der Waals surface area (Å²) >= 11 is 0. The van der Waals surface area contributed by atoms with Crippen LogP contribution in [0.25, 0.3) is 0 Å². The standard InChI is InChI=1S/C12H21N3/c1-4-10(5-2)8-13-12-7-11(6-3)14-9-15-12/h7,9-10H,4-6,8H2,1-3H3,(H,13,14,15). The zero-order valence-electron chi connectivity index (χ0n) is 9.95. The molecule has 3 heteroatoms. The van der Waals surface area contributed by atoms with Crippen LogP contribution in [0.5, 0.6) is 0 Å². The molecule has 0 atom stereocenters. The van der Waals surface area contributed by atoms with Gasteiger partial charge in [0.05, 0.1) is 0 Å². The van der Waals surface area contributed by atoms with Crippen LogP contribution in [0, 0.1) is 5.92 Å². The van der Waals surface area contributed by atoms with E-state index in [1.165, 1.54) is 12.8 Å². The van der Waals surface area contributed by atoms with E-state index in [2.05, 4.69) is 36.1 Å². The van der Waals surface area contributed by atoms with E-state index < -0.39 is 0 Å². The zero-order valence-corrected chi connectivity index (χ0v) is 9.95. The van der Waals surface area contributed by atoms with E-state index in [9.17, 15) is 0 Å². The first-order valence-corrected chi connectivity index (χ1v) is 5.84. The van der Waals surface area contributed by atoms with Crippen LogP contribution in [0.15, 0.2) is 12.4 Å². The molecule has 1 aromatic rings. The molecular weight excluding hydrogens is 186 g/mol. The van der Waals surface area contributed by atoms with Gasteiger partial charge in [0.25, 0.3) is 0 Å². The molecule has 1 aromatic heterocycles. The molecule has 0 radical (unpaired) electrons. The lowest BCUT2D eigenvalue weighted by atomic mass is 10.0. The third-order valence-corrected chi connectivity index (χ3v) is 2.81. The fourth-order valence-corrected chi connectivity index (χ4v) is 1.51. The SMILES string of the molecule is CCc1cc(NCC(CC)CC)ncn1. The minimum atomic E-state index is 0.741. The van der Waals surface area contributed by atoms with Crippen LogP contribution in [0.1, 0.15) is 39.3 Å². The minimum Gasteiger partial charge on any atom is -0.370 e. The van der Waals surface area contributed by atoms with Gasteiger partial charge in [-0.3, -0.25) is 0 Å². The Balaban J connectivity index is 2.49. The summed E-state index contributed by atoms with van der Waals surface area (Å²) in [6, 6.07) is 2.03. The van der Waals surface area contributed by atoms with Crippen molar-refractivity contribution in [2.45, 2.75) is 40.0 Å². The van der Waals surface area contributed by atoms with Crippen LogP contribution >= 0.6 is 0 Å². The van der Waals surface area contributed by atoms with Crippen molar-refractivity contribution in [3.63, 3.8) is 0 Å². The third kappa shape index (κ3) is 3.86. The fraction of sp³-hybridized carbons (Fsp3) is 0.667. The normalized spacial score (nSPS) is 10.7. The van der Waals surface area contributed by atoms with Crippen molar-refractivity contribution < 1.29 is 0 Å². The number of rotatable bonds is 6. The average molecular weight is 207 g/mol. The monoisotopic (exact) mass is 207 g/mol. The van der Waals surface area contributed by atoms with Gasteiger partial charge in [-0.25, -0.2) is 9.97 Å². The molecule has 3 nitrogen and oxygen atoms in total. The summed E-state index contributed by atoms with van der Waals surface area (Å²) in [5, 5.41) is 3.37. The highest BCUT2D eigenvalue weighted by molar-refractivity contribution is 5.34. The van der Waals surface area contributed by atoms with Crippen LogP contribution in [0.2, 0.25) is 0 Å². The van der Waals surface area contributed by atoms with Gasteiger partial charge in [-0.1, -0.05) is 33.6 Å². The number of aromatic nitrogens is 2. The first-order chi connectivity index (χ1) is 7.30. The van der Waals surface area contributed by atoms with Gasteiger partial charge in [-0.2, -0.15) is 0 Å².